The SMILES string of the molecule is CC1=CC=CC1=C1SC2=C(CCS2)C1C. The van der Waals surface area contributed by atoms with Crippen LogP contribution in [0.25, 0.3) is 0 Å². The third-order valence-electron chi connectivity index (χ3n) is 3.28. The van der Waals surface area contributed by atoms with Crippen molar-refractivity contribution in [3.63, 3.8) is 0 Å². The third kappa shape index (κ3) is 1.46. The van der Waals surface area contributed by atoms with Crippen molar-refractivity contribution in [1.82, 2.24) is 0 Å². The van der Waals surface area contributed by atoms with Crippen molar-refractivity contribution in [2.75, 3.05) is 5.75 Å². The molecule has 0 saturated heterocycles. The van der Waals surface area contributed by atoms with Gasteiger partial charge in [-0.15, -0.1) is 11.8 Å². The van der Waals surface area contributed by atoms with Gasteiger partial charge in [0.2, 0.25) is 0 Å². The summed E-state index contributed by atoms with van der Waals surface area (Å²) in [5.41, 5.74) is 4.60. The highest BCUT2D eigenvalue weighted by Crippen LogP contribution is 2.56. The summed E-state index contributed by atoms with van der Waals surface area (Å²) in [6, 6.07) is 0. The second kappa shape index (κ2) is 3.60. The minimum absolute atomic E-state index is 0.668. The van der Waals surface area contributed by atoms with Crippen molar-refractivity contribution in [3.8, 4) is 0 Å². The maximum atomic E-state index is 2.36. The molecule has 0 nitrogen and oxygen atoms in total. The maximum absolute atomic E-state index is 2.36. The van der Waals surface area contributed by atoms with Crippen molar-refractivity contribution >= 4 is 23.5 Å². The van der Waals surface area contributed by atoms with Gasteiger partial charge in [-0.2, -0.15) is 0 Å². The molecule has 0 radical (unpaired) electrons. The first-order valence-electron chi connectivity index (χ1n) is 5.40. The zero-order valence-electron chi connectivity index (χ0n) is 9.04. The largest absolute Gasteiger partial charge is 0.119 e. The maximum Gasteiger partial charge on any atom is 0.0445 e. The fraction of sp³-hybridized carbons (Fsp3) is 0.385. The van der Waals surface area contributed by atoms with E-state index in [0.717, 1.165) is 0 Å². The normalized spacial score (nSPS) is 34.0. The lowest BCUT2D eigenvalue weighted by Gasteiger charge is -2.12. The molecule has 0 bridgehead atoms. The molecule has 78 valence electrons. The summed E-state index contributed by atoms with van der Waals surface area (Å²) in [4.78, 5) is 1.58. The lowest BCUT2D eigenvalue weighted by Crippen LogP contribution is -1.98. The molecule has 0 saturated carbocycles. The molecule has 0 spiro atoms. The molecular weight excluding hydrogens is 220 g/mol. The van der Waals surface area contributed by atoms with Gasteiger partial charge >= 0.3 is 0 Å². The molecule has 2 heteroatoms. The fourth-order valence-electron chi connectivity index (χ4n) is 2.36. The van der Waals surface area contributed by atoms with Gasteiger partial charge in [-0.25, -0.2) is 0 Å². The number of allylic oxidation sites excluding steroid dienone is 7. The Morgan fingerprint density at radius 2 is 2.27 bits per heavy atom. The van der Waals surface area contributed by atoms with Crippen molar-refractivity contribution in [1.29, 1.82) is 0 Å². The van der Waals surface area contributed by atoms with Gasteiger partial charge in [-0.3, -0.25) is 0 Å². The van der Waals surface area contributed by atoms with E-state index < -0.39 is 0 Å². The van der Waals surface area contributed by atoms with Gasteiger partial charge in [0, 0.05) is 20.8 Å². The first kappa shape index (κ1) is 9.86. The molecule has 0 N–H and O–H groups in total. The quantitative estimate of drug-likeness (QED) is 0.606. The van der Waals surface area contributed by atoms with E-state index in [4.69, 9.17) is 0 Å². The van der Waals surface area contributed by atoms with Crippen molar-refractivity contribution < 1.29 is 0 Å². The van der Waals surface area contributed by atoms with Crippen molar-refractivity contribution in [2.45, 2.75) is 20.3 Å². The van der Waals surface area contributed by atoms with E-state index in [2.05, 4.69) is 32.1 Å². The third-order valence-corrected chi connectivity index (χ3v) is 6.06. The molecule has 1 unspecified atom stereocenters. The number of hydrogen-bond acceptors (Lipinski definition) is 2. The lowest BCUT2D eigenvalue weighted by atomic mass is 9.96. The average Bonchev–Trinajstić information content (AvgIpc) is 2.85. The Balaban J connectivity index is 2.00. The van der Waals surface area contributed by atoms with E-state index >= 15 is 0 Å². The number of hydrogen-bond donors (Lipinski definition) is 0. The van der Waals surface area contributed by atoms with Gasteiger partial charge in [0.05, 0.1) is 0 Å². The Bertz CT molecular complexity index is 435. The predicted molar refractivity (Wildman–Crippen MR) is 70.8 cm³/mol. The molecular formula is C13H14S2. The summed E-state index contributed by atoms with van der Waals surface area (Å²) in [6.07, 6.45) is 7.95. The molecule has 0 amide bonds. The van der Waals surface area contributed by atoms with Crippen LogP contribution in [0.1, 0.15) is 20.3 Å². The summed E-state index contributed by atoms with van der Waals surface area (Å²) in [6.45, 7) is 4.58. The standard InChI is InChI=1S/C13H14S2/c1-8-4-3-5-10(8)12-9(2)11-6-7-14-13(11)15-12/h3-5,9H,6-7H2,1-2H3. The molecule has 3 aliphatic rings. The van der Waals surface area contributed by atoms with Gasteiger partial charge in [0.15, 0.2) is 0 Å². The predicted octanol–water partition coefficient (Wildman–Crippen LogP) is 4.49. The summed E-state index contributed by atoms with van der Waals surface area (Å²) in [5, 5.41) is 0. The Kier molecular flexibility index (Phi) is 2.37. The zero-order valence-corrected chi connectivity index (χ0v) is 10.7. The van der Waals surface area contributed by atoms with Crippen LogP contribution in [0.2, 0.25) is 0 Å². The summed E-state index contributed by atoms with van der Waals surface area (Å²) in [7, 11) is 0. The monoisotopic (exact) mass is 234 g/mol. The highest BCUT2D eigenvalue weighted by Gasteiger charge is 2.32. The summed E-state index contributed by atoms with van der Waals surface area (Å²) < 4.78 is 1.60. The van der Waals surface area contributed by atoms with E-state index in [1.165, 1.54) is 23.3 Å². The van der Waals surface area contributed by atoms with Crippen LogP contribution in [0, 0.1) is 5.92 Å². The molecule has 0 aromatic rings. The van der Waals surface area contributed by atoms with E-state index in [1.807, 2.05) is 23.5 Å². The smallest absolute Gasteiger partial charge is 0.0445 e. The van der Waals surface area contributed by atoms with E-state index in [1.54, 1.807) is 14.7 Å². The summed E-state index contributed by atoms with van der Waals surface area (Å²) >= 11 is 4.07. The van der Waals surface area contributed by atoms with E-state index in [0.29, 0.717) is 5.92 Å². The highest BCUT2D eigenvalue weighted by atomic mass is 32.2. The van der Waals surface area contributed by atoms with Crippen LogP contribution in [0.4, 0.5) is 0 Å². The van der Waals surface area contributed by atoms with Crippen LogP contribution >= 0.6 is 23.5 Å². The second-order valence-electron chi connectivity index (χ2n) is 4.22. The molecule has 2 heterocycles. The Labute approximate surface area is 99.6 Å². The molecule has 2 aliphatic heterocycles. The fourth-order valence-corrected chi connectivity index (χ4v) is 5.35. The van der Waals surface area contributed by atoms with Gasteiger partial charge in [0.1, 0.15) is 0 Å². The first-order chi connectivity index (χ1) is 7.27. The second-order valence-corrected chi connectivity index (χ2v) is 6.64. The van der Waals surface area contributed by atoms with Crippen molar-refractivity contribution in [2.24, 2.45) is 5.92 Å². The van der Waals surface area contributed by atoms with Crippen LogP contribution in [0.5, 0.6) is 0 Å². The van der Waals surface area contributed by atoms with Crippen LogP contribution in [0.3, 0.4) is 0 Å². The Morgan fingerprint density at radius 3 is 2.93 bits per heavy atom. The number of rotatable bonds is 0. The van der Waals surface area contributed by atoms with E-state index in [9.17, 15) is 0 Å². The Hall–Kier alpha value is -0.340. The molecule has 0 aromatic carbocycles. The van der Waals surface area contributed by atoms with Crippen molar-refractivity contribution in [3.05, 3.63) is 44.1 Å². The molecule has 1 aliphatic carbocycles. The minimum Gasteiger partial charge on any atom is -0.119 e. The molecule has 15 heavy (non-hydrogen) atoms. The molecule has 3 rings (SSSR count). The van der Waals surface area contributed by atoms with Gasteiger partial charge < -0.3 is 0 Å². The van der Waals surface area contributed by atoms with Crippen LogP contribution < -0.4 is 0 Å². The molecule has 0 aromatic heterocycles. The zero-order chi connectivity index (χ0) is 10.4. The van der Waals surface area contributed by atoms with Gasteiger partial charge in [-0.1, -0.05) is 36.9 Å². The topological polar surface area (TPSA) is 0 Å². The Morgan fingerprint density at radius 1 is 1.40 bits per heavy atom. The summed E-state index contributed by atoms with van der Waals surface area (Å²) in [5.74, 6) is 1.97. The van der Waals surface area contributed by atoms with E-state index in [-0.39, 0.29) is 0 Å². The molecule has 0 fully saturated rings. The molecule has 1 atom stereocenters. The van der Waals surface area contributed by atoms with Crippen LogP contribution in [0.15, 0.2) is 44.1 Å². The van der Waals surface area contributed by atoms with Gasteiger partial charge in [0.25, 0.3) is 0 Å². The lowest BCUT2D eigenvalue weighted by molar-refractivity contribution is 0.814. The number of thioether (sulfide) groups is 2. The average molecular weight is 234 g/mol. The highest BCUT2D eigenvalue weighted by molar-refractivity contribution is 8.24. The van der Waals surface area contributed by atoms with Crippen LogP contribution in [-0.2, 0) is 0 Å². The minimum atomic E-state index is 0.668. The first-order valence-corrected chi connectivity index (χ1v) is 7.21. The van der Waals surface area contributed by atoms with Gasteiger partial charge in [-0.05, 0) is 30.1 Å². The van der Waals surface area contributed by atoms with Crippen LogP contribution in [-0.4, -0.2) is 5.75 Å².